The molecule has 160 valence electrons. The van der Waals surface area contributed by atoms with Gasteiger partial charge in [0, 0.05) is 37.3 Å². The van der Waals surface area contributed by atoms with E-state index in [-0.39, 0.29) is 45.7 Å². The Labute approximate surface area is 178 Å². The number of amides is 1. The van der Waals surface area contributed by atoms with Gasteiger partial charge < -0.3 is 19.6 Å². The lowest BCUT2D eigenvalue weighted by Gasteiger charge is -2.42. The summed E-state index contributed by atoms with van der Waals surface area (Å²) in [5, 5.41) is 10.3. The predicted molar refractivity (Wildman–Crippen MR) is 114 cm³/mol. The maximum absolute atomic E-state index is 12.8. The number of piperidine rings is 1. The number of nitrogens with zero attached hydrogens (tertiary/aromatic N) is 3. The number of H-pyrrole nitrogens is 1. The number of thioether (sulfide) groups is 1. The van der Waals surface area contributed by atoms with Crippen LogP contribution in [0.2, 0.25) is 0 Å². The molecule has 0 aliphatic carbocycles. The first-order valence-electron chi connectivity index (χ1n) is 10.4. The summed E-state index contributed by atoms with van der Waals surface area (Å²) in [7, 11) is 0. The number of unbranched alkanes of at least 4 members (excludes halogenated alkanes) is 1. The standard InChI is InChI=1S/C21H26N4O4S/c1-2-3-5-15-19(28)22-21(23-20(15)29)30-12-18(27)24-9-13-8-14(11-24)16-6-4-7-17(26)25(16)10-13/h4,6-7,13-14H,2-3,5,8-12H2,1H3,(H2,22,23,28,29). The second-order valence-electron chi connectivity index (χ2n) is 8.06. The van der Waals surface area contributed by atoms with Crippen LogP contribution in [0.3, 0.4) is 0 Å². The maximum atomic E-state index is 12.8. The highest BCUT2D eigenvalue weighted by Gasteiger charge is 2.36. The molecule has 2 aromatic rings. The first kappa shape index (κ1) is 20.7. The number of fused-ring (bicyclic) bond motifs is 4. The second kappa shape index (κ2) is 8.67. The number of pyridine rings is 1. The maximum Gasteiger partial charge on any atom is 0.258 e. The summed E-state index contributed by atoms with van der Waals surface area (Å²) in [5.41, 5.74) is 0.975. The Hall–Kier alpha value is -2.55. The third-order valence-corrected chi connectivity index (χ3v) is 6.78. The van der Waals surface area contributed by atoms with Gasteiger partial charge in [-0.25, -0.2) is 0 Å². The molecule has 4 rings (SSSR count). The molecule has 2 atom stereocenters. The van der Waals surface area contributed by atoms with E-state index < -0.39 is 0 Å². The molecule has 0 aromatic carbocycles. The van der Waals surface area contributed by atoms with Crippen LogP contribution in [0.1, 0.15) is 43.4 Å². The molecular weight excluding hydrogens is 404 g/mol. The van der Waals surface area contributed by atoms with Crippen molar-refractivity contribution in [2.75, 3.05) is 18.8 Å². The number of hydrogen-bond donors (Lipinski definition) is 2. The fourth-order valence-corrected chi connectivity index (χ4v) is 5.19. The zero-order valence-corrected chi connectivity index (χ0v) is 17.8. The molecule has 1 fully saturated rings. The molecule has 2 N–H and O–H groups in total. The van der Waals surface area contributed by atoms with Crippen molar-refractivity contribution in [2.24, 2.45) is 5.92 Å². The minimum atomic E-state index is -0.347. The van der Waals surface area contributed by atoms with Crippen molar-refractivity contribution >= 4 is 17.7 Å². The number of carbonyl (C=O) groups excluding carboxylic acids is 1. The number of aromatic hydroxyl groups is 1. The van der Waals surface area contributed by atoms with Crippen molar-refractivity contribution in [1.29, 1.82) is 0 Å². The van der Waals surface area contributed by atoms with Crippen molar-refractivity contribution in [3.8, 4) is 5.88 Å². The van der Waals surface area contributed by atoms with Crippen LogP contribution in [0.5, 0.6) is 5.88 Å². The fraction of sp³-hybridized carbons (Fsp3) is 0.524. The number of carbonyl (C=O) groups is 1. The zero-order chi connectivity index (χ0) is 21.3. The molecule has 2 aromatic heterocycles. The lowest BCUT2D eigenvalue weighted by atomic mass is 9.83. The van der Waals surface area contributed by atoms with Crippen LogP contribution in [0.4, 0.5) is 0 Å². The van der Waals surface area contributed by atoms with E-state index in [9.17, 15) is 19.5 Å². The highest BCUT2D eigenvalue weighted by atomic mass is 32.2. The van der Waals surface area contributed by atoms with Crippen LogP contribution >= 0.6 is 11.8 Å². The third kappa shape index (κ3) is 4.16. The van der Waals surface area contributed by atoms with Crippen LogP contribution in [0.25, 0.3) is 0 Å². The van der Waals surface area contributed by atoms with Crippen molar-refractivity contribution in [1.82, 2.24) is 19.4 Å². The molecule has 8 nitrogen and oxygen atoms in total. The van der Waals surface area contributed by atoms with Gasteiger partial charge in [-0.3, -0.25) is 14.4 Å². The van der Waals surface area contributed by atoms with Gasteiger partial charge in [-0.15, -0.1) is 0 Å². The summed E-state index contributed by atoms with van der Waals surface area (Å²) >= 11 is 1.13. The van der Waals surface area contributed by atoms with E-state index in [0.717, 1.165) is 36.7 Å². The molecule has 2 aliphatic rings. The van der Waals surface area contributed by atoms with Crippen molar-refractivity contribution in [3.63, 3.8) is 0 Å². The number of aromatic nitrogens is 3. The predicted octanol–water partition coefficient (Wildman–Crippen LogP) is 1.72. The summed E-state index contributed by atoms with van der Waals surface area (Å²) in [6.07, 6.45) is 3.19. The lowest BCUT2D eigenvalue weighted by Crippen LogP contribution is -2.49. The SMILES string of the molecule is CCCCc1c(O)nc(SCC(=O)N2CC3CC(C2)c2cccc(=O)n2C3)[nH]c1=O. The largest absolute Gasteiger partial charge is 0.493 e. The molecular formula is C21H26N4O4S. The van der Waals surface area contributed by atoms with Crippen LogP contribution in [-0.4, -0.2) is 49.3 Å². The second-order valence-corrected chi connectivity index (χ2v) is 9.03. The van der Waals surface area contributed by atoms with Gasteiger partial charge in [0.15, 0.2) is 5.16 Å². The van der Waals surface area contributed by atoms with Gasteiger partial charge in [-0.05, 0) is 31.2 Å². The Morgan fingerprint density at radius 1 is 1.30 bits per heavy atom. The minimum absolute atomic E-state index is 0.0229. The number of nitrogens with one attached hydrogen (secondary N) is 1. The summed E-state index contributed by atoms with van der Waals surface area (Å²) in [6.45, 7) is 3.87. The Kier molecular flexibility index (Phi) is 5.99. The van der Waals surface area contributed by atoms with Crippen LogP contribution in [0, 0.1) is 5.92 Å². The van der Waals surface area contributed by atoms with Crippen molar-refractivity contribution in [2.45, 2.75) is 50.2 Å². The third-order valence-electron chi connectivity index (χ3n) is 5.92. The Morgan fingerprint density at radius 3 is 2.90 bits per heavy atom. The van der Waals surface area contributed by atoms with Crippen molar-refractivity contribution < 1.29 is 9.90 Å². The Bertz CT molecular complexity index is 1060. The minimum Gasteiger partial charge on any atom is -0.493 e. The van der Waals surface area contributed by atoms with Gasteiger partial charge in [0.25, 0.3) is 11.1 Å². The molecule has 9 heteroatoms. The molecule has 0 radical (unpaired) electrons. The van der Waals surface area contributed by atoms with Crippen molar-refractivity contribution in [3.05, 3.63) is 50.2 Å². The molecule has 1 amide bonds. The highest BCUT2D eigenvalue weighted by Crippen LogP contribution is 2.35. The molecule has 0 spiro atoms. The van der Waals surface area contributed by atoms with E-state index in [1.165, 1.54) is 0 Å². The molecule has 2 aliphatic heterocycles. The van der Waals surface area contributed by atoms with Gasteiger partial charge in [-0.2, -0.15) is 4.98 Å². The fourth-order valence-electron chi connectivity index (χ4n) is 4.43. The zero-order valence-electron chi connectivity index (χ0n) is 17.0. The quantitative estimate of drug-likeness (QED) is 0.534. The van der Waals surface area contributed by atoms with E-state index in [0.29, 0.717) is 31.6 Å². The number of hydrogen-bond acceptors (Lipinski definition) is 6. The molecule has 2 bridgehead atoms. The molecule has 0 saturated carbocycles. The van der Waals surface area contributed by atoms with E-state index in [1.54, 1.807) is 12.1 Å². The lowest BCUT2D eigenvalue weighted by molar-refractivity contribution is -0.131. The first-order valence-corrected chi connectivity index (χ1v) is 11.4. The smallest absolute Gasteiger partial charge is 0.258 e. The Balaban J connectivity index is 1.41. The van der Waals surface area contributed by atoms with Crippen LogP contribution in [-0.2, 0) is 17.8 Å². The van der Waals surface area contributed by atoms with E-state index in [4.69, 9.17) is 0 Å². The number of likely N-dealkylation sites (tertiary alicyclic amines) is 1. The monoisotopic (exact) mass is 430 g/mol. The summed E-state index contributed by atoms with van der Waals surface area (Å²) < 4.78 is 1.84. The number of aromatic amines is 1. The summed E-state index contributed by atoms with van der Waals surface area (Å²) in [6, 6.07) is 5.34. The van der Waals surface area contributed by atoms with E-state index in [1.807, 2.05) is 22.5 Å². The summed E-state index contributed by atoms with van der Waals surface area (Å²) in [5.74, 6) is 0.290. The molecule has 1 saturated heterocycles. The molecule has 2 unspecified atom stereocenters. The molecule has 4 heterocycles. The number of rotatable bonds is 6. The van der Waals surface area contributed by atoms with E-state index in [2.05, 4.69) is 9.97 Å². The van der Waals surface area contributed by atoms with Gasteiger partial charge >= 0.3 is 0 Å². The van der Waals surface area contributed by atoms with Crippen LogP contribution < -0.4 is 11.1 Å². The van der Waals surface area contributed by atoms with Gasteiger partial charge in [0.2, 0.25) is 11.8 Å². The topological polar surface area (TPSA) is 108 Å². The van der Waals surface area contributed by atoms with Crippen LogP contribution in [0.15, 0.2) is 32.9 Å². The average Bonchev–Trinajstić information content (AvgIpc) is 2.72. The highest BCUT2D eigenvalue weighted by molar-refractivity contribution is 7.99. The summed E-state index contributed by atoms with van der Waals surface area (Å²) in [4.78, 5) is 45.7. The molecule has 30 heavy (non-hydrogen) atoms. The van der Waals surface area contributed by atoms with Gasteiger partial charge in [0.1, 0.15) is 0 Å². The Morgan fingerprint density at radius 2 is 2.13 bits per heavy atom. The normalized spacial score (nSPS) is 20.1. The first-order chi connectivity index (χ1) is 14.5. The van der Waals surface area contributed by atoms with Gasteiger partial charge in [0.05, 0.1) is 11.3 Å². The van der Waals surface area contributed by atoms with E-state index >= 15 is 0 Å². The van der Waals surface area contributed by atoms with Gasteiger partial charge in [-0.1, -0.05) is 31.2 Å². The average molecular weight is 431 g/mol.